The molecular formula is C10H16N2. The molecule has 1 heterocycles. The van der Waals surface area contributed by atoms with Gasteiger partial charge in [-0.1, -0.05) is 13.8 Å². The Bertz CT molecular complexity index is 238. The van der Waals surface area contributed by atoms with E-state index in [2.05, 4.69) is 18.8 Å². The molecule has 0 amide bonds. The van der Waals surface area contributed by atoms with Gasteiger partial charge in [0.05, 0.1) is 5.71 Å². The first-order chi connectivity index (χ1) is 5.80. The van der Waals surface area contributed by atoms with Crippen molar-refractivity contribution >= 4 is 11.9 Å². The zero-order valence-electron chi connectivity index (χ0n) is 7.80. The molecule has 0 radical (unpaired) electrons. The molecule has 0 bridgehead atoms. The number of nitrogens with one attached hydrogen (secondary N) is 1. The van der Waals surface area contributed by atoms with E-state index in [9.17, 15) is 0 Å². The highest BCUT2D eigenvalue weighted by atomic mass is 14.9. The van der Waals surface area contributed by atoms with Gasteiger partial charge in [-0.15, -0.1) is 0 Å². The van der Waals surface area contributed by atoms with Crippen molar-refractivity contribution in [2.75, 3.05) is 6.54 Å². The molecule has 2 atom stereocenters. The van der Waals surface area contributed by atoms with Gasteiger partial charge in [0.2, 0.25) is 0 Å². The fraction of sp³-hybridized carbons (Fsp3) is 0.800. The normalized spacial score (nSPS) is 35.7. The van der Waals surface area contributed by atoms with Crippen LogP contribution in [0.5, 0.6) is 0 Å². The lowest BCUT2D eigenvalue weighted by Crippen LogP contribution is -2.12. The number of hydrogen-bond donors (Lipinski definition) is 1. The van der Waals surface area contributed by atoms with Gasteiger partial charge < -0.3 is 5.41 Å². The van der Waals surface area contributed by atoms with Gasteiger partial charge in [0.15, 0.2) is 0 Å². The first-order valence-electron chi connectivity index (χ1n) is 4.85. The summed E-state index contributed by atoms with van der Waals surface area (Å²) < 4.78 is 0. The molecule has 1 fully saturated rings. The lowest BCUT2D eigenvalue weighted by atomic mass is 9.93. The number of aliphatic imine (C=N–C) groups is 1. The minimum Gasteiger partial charge on any atom is -0.307 e. The van der Waals surface area contributed by atoms with Gasteiger partial charge in [0.1, 0.15) is 0 Å². The van der Waals surface area contributed by atoms with Crippen LogP contribution in [0.4, 0.5) is 0 Å². The third kappa shape index (κ3) is 0.706. The largest absolute Gasteiger partial charge is 0.307 e. The third-order valence-electron chi connectivity index (χ3n) is 3.90. The number of rotatable bonds is 3. The van der Waals surface area contributed by atoms with Crippen LogP contribution in [0.3, 0.4) is 0 Å². The summed E-state index contributed by atoms with van der Waals surface area (Å²) >= 11 is 0. The van der Waals surface area contributed by atoms with E-state index in [-0.39, 0.29) is 0 Å². The zero-order chi connectivity index (χ0) is 8.77. The molecule has 2 heteroatoms. The van der Waals surface area contributed by atoms with Crippen LogP contribution in [0.15, 0.2) is 4.99 Å². The second-order valence-electron chi connectivity index (χ2n) is 3.93. The Kier molecular flexibility index (Phi) is 1.60. The molecule has 2 aliphatic rings. The standard InChI is InChI=1S/C10H16N2/c1-3-10(4-2)7-6-12-8(5-11)9(7)10/h5,7,9,11H,3-4,6H2,1-2H3/t7-,9-/m0/s1. The Balaban J connectivity index is 2.19. The van der Waals surface area contributed by atoms with Crippen molar-refractivity contribution in [2.24, 2.45) is 22.2 Å². The lowest BCUT2D eigenvalue weighted by Gasteiger charge is -2.14. The highest BCUT2D eigenvalue weighted by Gasteiger charge is 2.65. The van der Waals surface area contributed by atoms with E-state index in [1.807, 2.05) is 0 Å². The van der Waals surface area contributed by atoms with Crippen LogP contribution in [0.25, 0.3) is 0 Å². The molecule has 2 nitrogen and oxygen atoms in total. The summed E-state index contributed by atoms with van der Waals surface area (Å²) in [6.07, 6.45) is 3.97. The molecule has 0 aromatic rings. The van der Waals surface area contributed by atoms with Crippen molar-refractivity contribution in [2.45, 2.75) is 26.7 Å². The van der Waals surface area contributed by atoms with E-state index in [1.54, 1.807) is 0 Å². The predicted octanol–water partition coefficient (Wildman–Crippen LogP) is 2.14. The van der Waals surface area contributed by atoms with Crippen LogP contribution in [-0.4, -0.2) is 18.5 Å². The molecule has 12 heavy (non-hydrogen) atoms. The van der Waals surface area contributed by atoms with Crippen molar-refractivity contribution in [3.63, 3.8) is 0 Å². The maximum absolute atomic E-state index is 7.23. The number of nitrogens with zero attached hydrogens (tertiary/aromatic N) is 1. The van der Waals surface area contributed by atoms with Gasteiger partial charge in [-0.2, -0.15) is 0 Å². The van der Waals surface area contributed by atoms with Crippen molar-refractivity contribution in [3.05, 3.63) is 0 Å². The van der Waals surface area contributed by atoms with E-state index in [0.29, 0.717) is 11.3 Å². The summed E-state index contributed by atoms with van der Waals surface area (Å²) in [4.78, 5) is 4.35. The molecule has 2 rings (SSSR count). The summed E-state index contributed by atoms with van der Waals surface area (Å²) in [7, 11) is 0. The Morgan fingerprint density at radius 1 is 1.58 bits per heavy atom. The smallest absolute Gasteiger partial charge is 0.0563 e. The summed E-state index contributed by atoms with van der Waals surface area (Å²) in [5.41, 5.74) is 1.60. The van der Waals surface area contributed by atoms with Crippen molar-refractivity contribution in [3.8, 4) is 0 Å². The fourth-order valence-electron chi connectivity index (χ4n) is 3.02. The molecule has 0 saturated heterocycles. The Labute approximate surface area is 73.6 Å². The molecule has 0 aromatic heterocycles. The van der Waals surface area contributed by atoms with Gasteiger partial charge in [-0.05, 0) is 24.2 Å². The summed E-state index contributed by atoms with van der Waals surface area (Å²) in [5, 5.41) is 7.23. The van der Waals surface area contributed by atoms with Gasteiger partial charge in [-0.3, -0.25) is 4.99 Å². The third-order valence-corrected chi connectivity index (χ3v) is 3.90. The van der Waals surface area contributed by atoms with Crippen molar-refractivity contribution in [1.82, 2.24) is 0 Å². The van der Waals surface area contributed by atoms with E-state index < -0.39 is 0 Å². The molecular weight excluding hydrogens is 148 g/mol. The van der Waals surface area contributed by atoms with E-state index in [0.717, 1.165) is 18.2 Å². The molecule has 1 aliphatic heterocycles. The van der Waals surface area contributed by atoms with Crippen LogP contribution in [0.2, 0.25) is 0 Å². The highest BCUT2D eigenvalue weighted by Crippen LogP contribution is 2.65. The quantitative estimate of drug-likeness (QED) is 0.620. The minimum atomic E-state index is 0.536. The van der Waals surface area contributed by atoms with Gasteiger partial charge in [0.25, 0.3) is 0 Å². The van der Waals surface area contributed by atoms with Crippen molar-refractivity contribution < 1.29 is 0 Å². The van der Waals surface area contributed by atoms with Crippen LogP contribution in [0, 0.1) is 22.7 Å². The molecule has 1 N–H and O–H groups in total. The molecule has 0 spiro atoms. The second-order valence-corrected chi connectivity index (χ2v) is 3.93. The summed E-state index contributed by atoms with van der Waals surface area (Å²) in [5.74, 6) is 1.43. The molecule has 1 saturated carbocycles. The van der Waals surface area contributed by atoms with Crippen LogP contribution in [0.1, 0.15) is 26.7 Å². The van der Waals surface area contributed by atoms with E-state index in [1.165, 1.54) is 19.1 Å². The SMILES string of the molecule is CCC1(CC)[C@@H]2C(C=N)=NC[C@@H]21. The molecule has 66 valence electrons. The van der Waals surface area contributed by atoms with Crippen LogP contribution >= 0.6 is 0 Å². The summed E-state index contributed by atoms with van der Waals surface area (Å²) in [6, 6.07) is 0. The summed E-state index contributed by atoms with van der Waals surface area (Å²) in [6.45, 7) is 5.52. The first-order valence-corrected chi connectivity index (χ1v) is 4.85. The fourth-order valence-corrected chi connectivity index (χ4v) is 3.02. The topological polar surface area (TPSA) is 36.2 Å². The Morgan fingerprint density at radius 3 is 2.67 bits per heavy atom. The lowest BCUT2D eigenvalue weighted by molar-refractivity contribution is 0.410. The maximum Gasteiger partial charge on any atom is 0.0563 e. The maximum atomic E-state index is 7.23. The average Bonchev–Trinajstić information content (AvgIpc) is 2.54. The van der Waals surface area contributed by atoms with E-state index >= 15 is 0 Å². The van der Waals surface area contributed by atoms with Gasteiger partial charge >= 0.3 is 0 Å². The first kappa shape index (κ1) is 7.96. The number of fused-ring (bicyclic) bond motifs is 1. The molecule has 1 aliphatic carbocycles. The minimum absolute atomic E-state index is 0.536. The average molecular weight is 164 g/mol. The van der Waals surface area contributed by atoms with Gasteiger partial charge in [0, 0.05) is 18.7 Å². The monoisotopic (exact) mass is 164 g/mol. The number of hydrogen-bond acceptors (Lipinski definition) is 2. The van der Waals surface area contributed by atoms with E-state index in [4.69, 9.17) is 5.41 Å². The Morgan fingerprint density at radius 2 is 2.25 bits per heavy atom. The van der Waals surface area contributed by atoms with Crippen LogP contribution < -0.4 is 0 Å². The van der Waals surface area contributed by atoms with Gasteiger partial charge in [-0.25, -0.2) is 0 Å². The Hall–Kier alpha value is -0.660. The van der Waals surface area contributed by atoms with Crippen molar-refractivity contribution in [1.29, 1.82) is 5.41 Å². The second kappa shape index (κ2) is 2.41. The molecule has 0 unspecified atom stereocenters. The van der Waals surface area contributed by atoms with Crippen LogP contribution in [-0.2, 0) is 0 Å². The zero-order valence-corrected chi connectivity index (χ0v) is 7.80. The predicted molar refractivity (Wildman–Crippen MR) is 51.1 cm³/mol. The molecule has 0 aromatic carbocycles. The highest BCUT2D eigenvalue weighted by molar-refractivity contribution is 6.32.